The van der Waals surface area contributed by atoms with E-state index in [1.807, 2.05) is 12.1 Å². The summed E-state index contributed by atoms with van der Waals surface area (Å²) in [6.45, 7) is 0.395. The number of benzene rings is 1. The predicted molar refractivity (Wildman–Crippen MR) is 70.1 cm³/mol. The zero-order valence-corrected chi connectivity index (χ0v) is 11.3. The smallest absolute Gasteiger partial charge is 0.224 e. The second kappa shape index (κ2) is 5.28. The maximum atomic E-state index is 11.8. The normalized spacial score (nSPS) is 21.7. The molecular formula is C12H14ClNO3S. The lowest BCUT2D eigenvalue weighted by Crippen LogP contribution is -2.30. The highest BCUT2D eigenvalue weighted by molar-refractivity contribution is 7.91. The quantitative estimate of drug-likeness (QED) is 0.914. The number of sulfone groups is 1. The molecule has 1 aromatic rings. The minimum atomic E-state index is -3.01. The van der Waals surface area contributed by atoms with Crippen molar-refractivity contribution in [2.45, 2.75) is 13.0 Å². The molecule has 1 aromatic carbocycles. The van der Waals surface area contributed by atoms with Gasteiger partial charge in [-0.05, 0) is 24.1 Å². The molecule has 0 aromatic heterocycles. The van der Waals surface area contributed by atoms with E-state index in [1.165, 1.54) is 0 Å². The van der Waals surface area contributed by atoms with Crippen LogP contribution in [0.5, 0.6) is 0 Å². The van der Waals surface area contributed by atoms with E-state index in [0.29, 0.717) is 18.0 Å². The number of carbonyl (C=O) groups excluding carboxylic acids is 1. The Morgan fingerprint density at radius 1 is 1.33 bits per heavy atom. The van der Waals surface area contributed by atoms with Crippen LogP contribution in [-0.4, -0.2) is 25.8 Å². The van der Waals surface area contributed by atoms with Gasteiger partial charge in [0.15, 0.2) is 9.84 Å². The van der Waals surface area contributed by atoms with Crippen molar-refractivity contribution in [1.82, 2.24) is 5.32 Å². The number of hydrogen-bond donors (Lipinski definition) is 1. The Balaban J connectivity index is 1.87. The van der Waals surface area contributed by atoms with Gasteiger partial charge in [0.25, 0.3) is 0 Å². The Kier molecular flexibility index (Phi) is 3.92. The Bertz CT molecular complexity index is 539. The second-order valence-electron chi connectivity index (χ2n) is 4.44. The van der Waals surface area contributed by atoms with E-state index in [9.17, 15) is 13.2 Å². The molecule has 18 heavy (non-hydrogen) atoms. The average molecular weight is 288 g/mol. The van der Waals surface area contributed by atoms with Crippen molar-refractivity contribution in [3.05, 3.63) is 34.9 Å². The van der Waals surface area contributed by atoms with Gasteiger partial charge in [0.2, 0.25) is 5.91 Å². The van der Waals surface area contributed by atoms with E-state index in [4.69, 9.17) is 11.6 Å². The molecule has 6 heteroatoms. The summed E-state index contributed by atoms with van der Waals surface area (Å²) < 4.78 is 22.5. The average Bonchev–Trinajstić information content (AvgIpc) is 2.69. The largest absolute Gasteiger partial charge is 0.352 e. The van der Waals surface area contributed by atoms with Crippen LogP contribution in [0.15, 0.2) is 24.3 Å². The summed E-state index contributed by atoms with van der Waals surface area (Å²) in [5.74, 6) is -0.501. The van der Waals surface area contributed by atoms with Gasteiger partial charge in [0.05, 0.1) is 17.4 Å². The zero-order chi connectivity index (χ0) is 13.2. The summed E-state index contributed by atoms with van der Waals surface area (Å²) in [6, 6.07) is 7.16. The lowest BCUT2D eigenvalue weighted by atomic mass is 10.1. The number of carbonyl (C=O) groups is 1. The molecular weight excluding hydrogens is 274 g/mol. The fourth-order valence-electron chi connectivity index (χ4n) is 1.94. The highest BCUT2D eigenvalue weighted by Gasteiger charge is 2.32. The first-order chi connectivity index (χ1) is 8.46. The molecule has 0 bridgehead atoms. The van der Waals surface area contributed by atoms with Gasteiger partial charge in [-0.1, -0.05) is 23.7 Å². The van der Waals surface area contributed by atoms with Gasteiger partial charge in [0, 0.05) is 11.6 Å². The zero-order valence-electron chi connectivity index (χ0n) is 9.73. The molecule has 98 valence electrons. The van der Waals surface area contributed by atoms with Gasteiger partial charge < -0.3 is 5.32 Å². The van der Waals surface area contributed by atoms with E-state index in [1.54, 1.807) is 12.1 Å². The molecule has 1 aliphatic heterocycles. The van der Waals surface area contributed by atoms with Gasteiger partial charge in [0.1, 0.15) is 0 Å². The Morgan fingerprint density at radius 2 is 2.00 bits per heavy atom. The van der Waals surface area contributed by atoms with Crippen molar-refractivity contribution in [2.75, 3.05) is 11.5 Å². The minimum Gasteiger partial charge on any atom is -0.352 e. The number of rotatable bonds is 3. The summed E-state index contributed by atoms with van der Waals surface area (Å²) >= 11 is 5.76. The minimum absolute atomic E-state index is 0.0283. The maximum absolute atomic E-state index is 11.8. The highest BCUT2D eigenvalue weighted by Crippen LogP contribution is 2.18. The van der Waals surface area contributed by atoms with Crippen LogP contribution in [-0.2, 0) is 21.2 Å². The number of amides is 1. The van der Waals surface area contributed by atoms with Crippen LogP contribution in [0, 0.1) is 5.92 Å². The SMILES string of the molecule is O=C(NCc1ccc(Cl)cc1)[C@@H]1CCS(=O)(=O)C1. The van der Waals surface area contributed by atoms with Crippen LogP contribution < -0.4 is 5.32 Å². The van der Waals surface area contributed by atoms with E-state index in [-0.39, 0.29) is 17.4 Å². The third-order valence-electron chi connectivity index (χ3n) is 2.98. The summed E-state index contributed by atoms with van der Waals surface area (Å²) in [5.41, 5.74) is 0.939. The molecule has 0 radical (unpaired) electrons. The van der Waals surface area contributed by atoms with Crippen LogP contribution in [0.1, 0.15) is 12.0 Å². The van der Waals surface area contributed by atoms with Crippen LogP contribution in [0.25, 0.3) is 0 Å². The van der Waals surface area contributed by atoms with Crippen LogP contribution in [0.4, 0.5) is 0 Å². The Labute approximate surface area is 111 Å². The first-order valence-corrected chi connectivity index (χ1v) is 7.89. The molecule has 1 aliphatic rings. The molecule has 1 atom stereocenters. The van der Waals surface area contributed by atoms with Gasteiger partial charge in [-0.3, -0.25) is 4.79 Å². The molecule has 1 fully saturated rings. The number of nitrogens with one attached hydrogen (secondary N) is 1. The summed E-state index contributed by atoms with van der Waals surface area (Å²) in [7, 11) is -3.01. The molecule has 4 nitrogen and oxygen atoms in total. The molecule has 0 saturated carbocycles. The molecule has 0 unspecified atom stereocenters. The molecule has 1 amide bonds. The molecule has 1 N–H and O–H groups in total. The summed E-state index contributed by atoms with van der Waals surface area (Å²) in [6.07, 6.45) is 0.425. The van der Waals surface area contributed by atoms with Crippen LogP contribution in [0.2, 0.25) is 5.02 Å². The molecule has 0 spiro atoms. The van der Waals surface area contributed by atoms with E-state index >= 15 is 0 Å². The molecule has 1 heterocycles. The van der Waals surface area contributed by atoms with Crippen molar-refractivity contribution in [2.24, 2.45) is 5.92 Å². The van der Waals surface area contributed by atoms with Gasteiger partial charge >= 0.3 is 0 Å². The summed E-state index contributed by atoms with van der Waals surface area (Å²) in [4.78, 5) is 11.8. The topological polar surface area (TPSA) is 63.2 Å². The van der Waals surface area contributed by atoms with Crippen LogP contribution in [0.3, 0.4) is 0 Å². The third-order valence-corrected chi connectivity index (χ3v) is 5.00. The fraction of sp³-hybridized carbons (Fsp3) is 0.417. The van der Waals surface area contributed by atoms with E-state index < -0.39 is 15.8 Å². The Hall–Kier alpha value is -1.07. The number of halogens is 1. The van der Waals surface area contributed by atoms with E-state index in [0.717, 1.165) is 5.56 Å². The maximum Gasteiger partial charge on any atom is 0.224 e. The molecule has 1 saturated heterocycles. The third kappa shape index (κ3) is 3.46. The van der Waals surface area contributed by atoms with Crippen molar-refractivity contribution in [3.8, 4) is 0 Å². The monoisotopic (exact) mass is 287 g/mol. The first kappa shape index (κ1) is 13.4. The fourth-order valence-corrected chi connectivity index (χ4v) is 3.80. The lowest BCUT2D eigenvalue weighted by Gasteiger charge is -2.09. The van der Waals surface area contributed by atoms with E-state index in [2.05, 4.69) is 5.32 Å². The predicted octanol–water partition coefficient (Wildman–Crippen LogP) is 1.39. The molecule has 2 rings (SSSR count). The second-order valence-corrected chi connectivity index (χ2v) is 7.11. The van der Waals surface area contributed by atoms with Crippen molar-refractivity contribution in [1.29, 1.82) is 0 Å². The first-order valence-electron chi connectivity index (χ1n) is 5.69. The van der Waals surface area contributed by atoms with Gasteiger partial charge in [-0.15, -0.1) is 0 Å². The van der Waals surface area contributed by atoms with Crippen LogP contribution >= 0.6 is 11.6 Å². The standard InChI is InChI=1S/C12H14ClNO3S/c13-11-3-1-9(2-4-11)7-14-12(15)10-5-6-18(16,17)8-10/h1-4,10H,5-8H2,(H,14,15)/t10-/m1/s1. The van der Waals surface area contributed by atoms with Crippen molar-refractivity contribution >= 4 is 27.3 Å². The Morgan fingerprint density at radius 3 is 2.56 bits per heavy atom. The van der Waals surface area contributed by atoms with Crippen molar-refractivity contribution in [3.63, 3.8) is 0 Å². The summed E-state index contributed by atoms with van der Waals surface area (Å²) in [5, 5.41) is 3.40. The van der Waals surface area contributed by atoms with Gasteiger partial charge in [-0.2, -0.15) is 0 Å². The highest BCUT2D eigenvalue weighted by atomic mass is 35.5. The number of hydrogen-bond acceptors (Lipinski definition) is 3. The van der Waals surface area contributed by atoms with Gasteiger partial charge in [-0.25, -0.2) is 8.42 Å². The van der Waals surface area contributed by atoms with Crippen molar-refractivity contribution < 1.29 is 13.2 Å². The lowest BCUT2D eigenvalue weighted by molar-refractivity contribution is -0.124. The molecule has 0 aliphatic carbocycles.